The first-order valence-corrected chi connectivity index (χ1v) is 8.73. The van der Waals surface area contributed by atoms with Gasteiger partial charge in [-0.1, -0.05) is 30.3 Å². The number of hydrogen-bond donors (Lipinski definition) is 2. The fourth-order valence-electron chi connectivity index (χ4n) is 2.95. The zero-order chi connectivity index (χ0) is 17.5. The molecule has 0 aliphatic carbocycles. The van der Waals surface area contributed by atoms with Crippen molar-refractivity contribution in [2.24, 2.45) is 5.10 Å². The lowest BCUT2D eigenvalue weighted by molar-refractivity contribution is 0.252. The number of hydrazone groups is 1. The van der Waals surface area contributed by atoms with Crippen LogP contribution in [-0.4, -0.2) is 25.3 Å². The van der Waals surface area contributed by atoms with Crippen molar-refractivity contribution in [2.75, 3.05) is 23.3 Å². The summed E-state index contributed by atoms with van der Waals surface area (Å²) in [6.45, 7) is 4.21. The van der Waals surface area contributed by atoms with Crippen LogP contribution in [0.3, 0.4) is 0 Å². The lowest BCUT2D eigenvalue weighted by Crippen LogP contribution is -2.29. The number of rotatable bonds is 4. The fraction of sp³-hybridized carbons (Fsp3) is 0.300. The van der Waals surface area contributed by atoms with Crippen LogP contribution in [0.1, 0.15) is 30.4 Å². The number of amides is 2. The molecular weight excluding hydrogens is 312 g/mol. The second kappa shape index (κ2) is 8.33. The summed E-state index contributed by atoms with van der Waals surface area (Å²) in [6.07, 6.45) is 5.52. The first-order valence-electron chi connectivity index (χ1n) is 8.73. The van der Waals surface area contributed by atoms with E-state index in [-0.39, 0.29) is 6.03 Å². The standard InChI is InChI=1S/C20H24N4O/c1-16-7-3-4-8-19(16)22-20(25)23-21-15-17-9-11-18(12-10-17)24-13-5-2-6-14-24/h3-4,7-12,15H,2,5-6,13-14H2,1H3,(H2,22,23,25). The second-order valence-corrected chi connectivity index (χ2v) is 6.28. The molecule has 0 saturated carbocycles. The van der Waals surface area contributed by atoms with Gasteiger partial charge in [-0.2, -0.15) is 5.10 Å². The summed E-state index contributed by atoms with van der Waals surface area (Å²) in [7, 11) is 0. The first kappa shape index (κ1) is 17.0. The molecule has 0 bridgehead atoms. The monoisotopic (exact) mass is 336 g/mol. The predicted octanol–water partition coefficient (Wildman–Crippen LogP) is 4.14. The number of para-hydroxylation sites is 1. The molecule has 0 spiro atoms. The number of benzene rings is 2. The van der Waals surface area contributed by atoms with Gasteiger partial charge in [0.15, 0.2) is 0 Å². The van der Waals surface area contributed by atoms with Crippen LogP contribution in [0.25, 0.3) is 0 Å². The van der Waals surface area contributed by atoms with Crippen LogP contribution in [0, 0.1) is 6.92 Å². The molecular formula is C20H24N4O. The highest BCUT2D eigenvalue weighted by molar-refractivity contribution is 5.91. The average Bonchev–Trinajstić information content (AvgIpc) is 2.65. The van der Waals surface area contributed by atoms with Crippen LogP contribution in [0.4, 0.5) is 16.2 Å². The molecule has 0 aromatic heterocycles. The van der Waals surface area contributed by atoms with Crippen molar-refractivity contribution in [3.8, 4) is 0 Å². The van der Waals surface area contributed by atoms with E-state index in [9.17, 15) is 4.79 Å². The van der Waals surface area contributed by atoms with Crippen molar-refractivity contribution in [1.29, 1.82) is 0 Å². The first-order chi connectivity index (χ1) is 12.2. The van der Waals surface area contributed by atoms with Gasteiger partial charge in [0, 0.05) is 24.5 Å². The number of nitrogens with zero attached hydrogens (tertiary/aromatic N) is 2. The highest BCUT2D eigenvalue weighted by atomic mass is 16.2. The Balaban J connectivity index is 1.51. The van der Waals surface area contributed by atoms with Gasteiger partial charge >= 0.3 is 6.03 Å². The summed E-state index contributed by atoms with van der Waals surface area (Å²) in [4.78, 5) is 14.3. The second-order valence-electron chi connectivity index (χ2n) is 6.28. The van der Waals surface area contributed by atoms with E-state index in [1.807, 2.05) is 43.3 Å². The molecule has 2 N–H and O–H groups in total. The van der Waals surface area contributed by atoms with Gasteiger partial charge in [0.25, 0.3) is 0 Å². The minimum absolute atomic E-state index is 0.351. The lowest BCUT2D eigenvalue weighted by Gasteiger charge is -2.28. The van der Waals surface area contributed by atoms with Crippen LogP contribution < -0.4 is 15.6 Å². The summed E-state index contributed by atoms with van der Waals surface area (Å²) in [5.41, 5.74) is 6.49. The highest BCUT2D eigenvalue weighted by Crippen LogP contribution is 2.19. The highest BCUT2D eigenvalue weighted by Gasteiger charge is 2.10. The van der Waals surface area contributed by atoms with E-state index in [2.05, 4.69) is 32.9 Å². The van der Waals surface area contributed by atoms with E-state index < -0.39 is 0 Å². The van der Waals surface area contributed by atoms with Crippen molar-refractivity contribution in [3.63, 3.8) is 0 Å². The maximum atomic E-state index is 11.9. The van der Waals surface area contributed by atoms with Crippen molar-refractivity contribution in [1.82, 2.24) is 5.43 Å². The lowest BCUT2D eigenvalue weighted by atomic mass is 10.1. The van der Waals surface area contributed by atoms with E-state index >= 15 is 0 Å². The molecule has 1 fully saturated rings. The molecule has 130 valence electrons. The topological polar surface area (TPSA) is 56.7 Å². The number of carbonyl (C=O) groups excluding carboxylic acids is 1. The van der Waals surface area contributed by atoms with Gasteiger partial charge in [0.05, 0.1) is 6.21 Å². The third-order valence-electron chi connectivity index (χ3n) is 4.39. The molecule has 1 aliphatic heterocycles. The largest absolute Gasteiger partial charge is 0.372 e. The van der Waals surface area contributed by atoms with Crippen LogP contribution in [0.15, 0.2) is 53.6 Å². The summed E-state index contributed by atoms with van der Waals surface area (Å²) in [5.74, 6) is 0. The molecule has 5 heteroatoms. The van der Waals surface area contributed by atoms with Crippen molar-refractivity contribution >= 4 is 23.6 Å². The smallest absolute Gasteiger partial charge is 0.339 e. The van der Waals surface area contributed by atoms with Crippen LogP contribution >= 0.6 is 0 Å². The number of aryl methyl sites for hydroxylation is 1. The Kier molecular flexibility index (Phi) is 5.67. The maximum Gasteiger partial charge on any atom is 0.339 e. The SMILES string of the molecule is Cc1ccccc1NC(=O)NN=Cc1ccc(N2CCCCC2)cc1. The molecule has 0 unspecified atom stereocenters. The number of hydrogen-bond acceptors (Lipinski definition) is 3. The Hall–Kier alpha value is -2.82. The quantitative estimate of drug-likeness (QED) is 0.651. The fourth-order valence-corrected chi connectivity index (χ4v) is 2.95. The number of urea groups is 1. The molecule has 0 radical (unpaired) electrons. The summed E-state index contributed by atoms with van der Waals surface area (Å²) < 4.78 is 0. The number of anilines is 2. The van der Waals surface area contributed by atoms with Crippen LogP contribution in [0.5, 0.6) is 0 Å². The zero-order valence-electron chi connectivity index (χ0n) is 14.5. The van der Waals surface area contributed by atoms with Gasteiger partial charge in [-0.25, -0.2) is 10.2 Å². The van der Waals surface area contributed by atoms with E-state index in [0.29, 0.717) is 0 Å². The van der Waals surface area contributed by atoms with Gasteiger partial charge in [-0.15, -0.1) is 0 Å². The molecule has 2 aromatic rings. The van der Waals surface area contributed by atoms with E-state index in [4.69, 9.17) is 0 Å². The molecule has 1 aliphatic rings. The van der Waals surface area contributed by atoms with Gasteiger partial charge in [0.1, 0.15) is 0 Å². The summed E-state index contributed by atoms with van der Waals surface area (Å²) in [5, 5.41) is 6.79. The molecule has 2 aromatic carbocycles. The Morgan fingerprint density at radius 1 is 1.04 bits per heavy atom. The summed E-state index contributed by atoms with van der Waals surface area (Å²) >= 11 is 0. The molecule has 3 rings (SSSR count). The van der Waals surface area contributed by atoms with Gasteiger partial charge in [-0.3, -0.25) is 0 Å². The zero-order valence-corrected chi connectivity index (χ0v) is 14.5. The summed E-state index contributed by atoms with van der Waals surface area (Å²) in [6, 6.07) is 15.5. The molecule has 1 saturated heterocycles. The maximum absolute atomic E-state index is 11.9. The minimum atomic E-state index is -0.351. The Morgan fingerprint density at radius 3 is 2.48 bits per heavy atom. The van der Waals surface area contributed by atoms with Crippen LogP contribution in [-0.2, 0) is 0 Å². The number of piperidine rings is 1. The Morgan fingerprint density at radius 2 is 1.76 bits per heavy atom. The molecule has 1 heterocycles. The Labute approximate surface area is 148 Å². The van der Waals surface area contributed by atoms with Crippen molar-refractivity contribution in [3.05, 3.63) is 59.7 Å². The van der Waals surface area contributed by atoms with Crippen LogP contribution in [0.2, 0.25) is 0 Å². The predicted molar refractivity (Wildman–Crippen MR) is 103 cm³/mol. The molecule has 2 amide bonds. The Bertz CT molecular complexity index is 734. The average molecular weight is 336 g/mol. The van der Waals surface area contributed by atoms with Gasteiger partial charge < -0.3 is 10.2 Å². The molecule has 5 nitrogen and oxygen atoms in total. The minimum Gasteiger partial charge on any atom is -0.372 e. The van der Waals surface area contributed by atoms with Crippen molar-refractivity contribution in [2.45, 2.75) is 26.2 Å². The third kappa shape index (κ3) is 4.83. The van der Waals surface area contributed by atoms with Gasteiger partial charge in [0.2, 0.25) is 0 Å². The number of carbonyl (C=O) groups is 1. The molecule has 25 heavy (non-hydrogen) atoms. The third-order valence-corrected chi connectivity index (χ3v) is 4.39. The van der Waals surface area contributed by atoms with E-state index in [0.717, 1.165) is 29.9 Å². The number of nitrogens with one attached hydrogen (secondary N) is 2. The van der Waals surface area contributed by atoms with E-state index in [1.54, 1.807) is 6.21 Å². The normalized spacial score (nSPS) is 14.5. The van der Waals surface area contributed by atoms with Crippen molar-refractivity contribution < 1.29 is 4.79 Å². The molecule has 0 atom stereocenters. The van der Waals surface area contributed by atoms with Gasteiger partial charge in [-0.05, 0) is 55.5 Å². The van der Waals surface area contributed by atoms with E-state index in [1.165, 1.54) is 24.9 Å².